The summed E-state index contributed by atoms with van der Waals surface area (Å²) in [5, 5.41) is 4.02. The van der Waals surface area contributed by atoms with E-state index in [1.807, 2.05) is 6.07 Å². The van der Waals surface area contributed by atoms with Crippen LogP contribution in [0.25, 0.3) is 0 Å². The number of hydrogen-bond donors (Lipinski definition) is 1. The van der Waals surface area contributed by atoms with Gasteiger partial charge >= 0.3 is 0 Å². The molecular weight excluding hydrogens is 324 g/mol. The molecule has 1 heterocycles. The lowest BCUT2D eigenvalue weighted by atomic mass is 10.0. The van der Waals surface area contributed by atoms with Crippen molar-refractivity contribution in [2.45, 2.75) is 23.5 Å². The molecule has 2 aromatic rings. The lowest BCUT2D eigenvalue weighted by Gasteiger charge is -2.14. The molecule has 2 aromatic carbocycles. The van der Waals surface area contributed by atoms with Gasteiger partial charge in [-0.1, -0.05) is 23.7 Å². The second-order valence-corrected chi connectivity index (χ2v) is 6.65. The molecule has 1 aliphatic rings. The fraction of sp³-hybridized carbons (Fsp3) is 0.294. The molecule has 0 aromatic heterocycles. The summed E-state index contributed by atoms with van der Waals surface area (Å²) in [5.74, 6) is -0.776. The molecule has 1 N–H and O–H groups in total. The number of fused-ring (bicyclic) bond motifs is 1. The average Bonchev–Trinajstić information content (AvgIpc) is 2.74. The second-order valence-electron chi connectivity index (χ2n) is 5.25. The lowest BCUT2D eigenvalue weighted by Crippen LogP contribution is -2.16. The second kappa shape index (κ2) is 6.99. The molecule has 0 fully saturated rings. The van der Waals surface area contributed by atoms with Crippen molar-refractivity contribution in [3.63, 3.8) is 0 Å². The predicted molar refractivity (Wildman–Crippen MR) is 87.6 cm³/mol. The van der Waals surface area contributed by atoms with Gasteiger partial charge < -0.3 is 5.32 Å². The molecule has 5 heteroatoms. The van der Waals surface area contributed by atoms with Crippen molar-refractivity contribution >= 4 is 23.4 Å². The van der Waals surface area contributed by atoms with Crippen molar-refractivity contribution in [1.29, 1.82) is 0 Å². The van der Waals surface area contributed by atoms with Gasteiger partial charge in [0.15, 0.2) is 0 Å². The molecule has 1 nitrogen and oxygen atoms in total. The van der Waals surface area contributed by atoms with Crippen molar-refractivity contribution < 1.29 is 8.78 Å². The molecule has 0 saturated carbocycles. The number of thioether (sulfide) groups is 1. The Morgan fingerprint density at radius 1 is 1.05 bits per heavy atom. The maximum absolute atomic E-state index is 13.8. The average molecular weight is 340 g/mol. The molecule has 0 aliphatic carbocycles. The minimum atomic E-state index is -0.507. The SMILES string of the molecule is Fc1cccc(F)c1CSc1c(Cl)ccc2c1CCNCC2. The van der Waals surface area contributed by atoms with Crippen LogP contribution in [-0.4, -0.2) is 13.1 Å². The highest BCUT2D eigenvalue weighted by molar-refractivity contribution is 7.98. The van der Waals surface area contributed by atoms with Crippen LogP contribution in [0.2, 0.25) is 5.02 Å². The number of nitrogens with one attached hydrogen (secondary N) is 1. The Morgan fingerprint density at radius 2 is 1.77 bits per heavy atom. The molecule has 0 amide bonds. The van der Waals surface area contributed by atoms with Crippen molar-refractivity contribution in [2.24, 2.45) is 0 Å². The molecule has 0 radical (unpaired) electrons. The Bertz CT molecular complexity index is 670. The first-order valence-corrected chi connectivity index (χ1v) is 8.60. The zero-order chi connectivity index (χ0) is 15.5. The van der Waals surface area contributed by atoms with Gasteiger partial charge in [-0.25, -0.2) is 8.78 Å². The van der Waals surface area contributed by atoms with Gasteiger partial charge in [0, 0.05) is 16.2 Å². The number of halogens is 3. The van der Waals surface area contributed by atoms with Crippen LogP contribution in [0.1, 0.15) is 16.7 Å². The number of rotatable bonds is 3. The van der Waals surface area contributed by atoms with Crippen molar-refractivity contribution in [3.8, 4) is 0 Å². The van der Waals surface area contributed by atoms with E-state index in [0.717, 1.165) is 30.8 Å². The van der Waals surface area contributed by atoms with E-state index in [2.05, 4.69) is 11.4 Å². The van der Waals surface area contributed by atoms with E-state index < -0.39 is 11.6 Å². The van der Waals surface area contributed by atoms with Crippen LogP contribution >= 0.6 is 23.4 Å². The van der Waals surface area contributed by atoms with E-state index in [9.17, 15) is 8.78 Å². The van der Waals surface area contributed by atoms with Gasteiger partial charge in [0.25, 0.3) is 0 Å². The molecule has 1 aliphatic heterocycles. The Labute approximate surface area is 138 Å². The summed E-state index contributed by atoms with van der Waals surface area (Å²) in [6.07, 6.45) is 1.84. The van der Waals surface area contributed by atoms with E-state index in [0.29, 0.717) is 5.02 Å². The Balaban J connectivity index is 1.89. The highest BCUT2D eigenvalue weighted by atomic mass is 35.5. The molecule has 22 heavy (non-hydrogen) atoms. The largest absolute Gasteiger partial charge is 0.316 e. The quantitative estimate of drug-likeness (QED) is 0.820. The number of hydrogen-bond acceptors (Lipinski definition) is 2. The predicted octanol–water partition coefficient (Wildman–Crippen LogP) is 4.60. The molecular formula is C17H16ClF2NS. The van der Waals surface area contributed by atoms with Crippen LogP contribution in [0, 0.1) is 11.6 Å². The monoisotopic (exact) mass is 339 g/mol. The Kier molecular flexibility index (Phi) is 5.01. The van der Waals surface area contributed by atoms with Crippen molar-refractivity contribution in [1.82, 2.24) is 5.32 Å². The van der Waals surface area contributed by atoms with Gasteiger partial charge in [0.1, 0.15) is 11.6 Å². The first-order valence-electron chi connectivity index (χ1n) is 7.23. The van der Waals surface area contributed by atoms with Gasteiger partial charge in [-0.2, -0.15) is 0 Å². The zero-order valence-corrected chi connectivity index (χ0v) is 13.5. The lowest BCUT2D eigenvalue weighted by molar-refractivity contribution is 0.566. The standard InChI is InChI=1S/C17H16ClF2NS/c18-14-5-4-11-6-8-21-9-7-12(11)17(14)22-10-13-15(19)2-1-3-16(13)20/h1-5,21H,6-10H2. The third-order valence-electron chi connectivity index (χ3n) is 3.85. The van der Waals surface area contributed by atoms with E-state index in [1.54, 1.807) is 0 Å². The van der Waals surface area contributed by atoms with Crippen LogP contribution < -0.4 is 5.32 Å². The van der Waals surface area contributed by atoms with Crippen molar-refractivity contribution in [2.75, 3.05) is 13.1 Å². The maximum atomic E-state index is 13.8. The fourth-order valence-electron chi connectivity index (χ4n) is 2.68. The van der Waals surface area contributed by atoms with E-state index in [-0.39, 0.29) is 11.3 Å². The summed E-state index contributed by atoms with van der Waals surface area (Å²) in [6.45, 7) is 1.84. The zero-order valence-electron chi connectivity index (χ0n) is 12.0. The van der Waals surface area contributed by atoms with Gasteiger partial charge in [-0.15, -0.1) is 11.8 Å². The van der Waals surface area contributed by atoms with E-state index in [1.165, 1.54) is 41.1 Å². The topological polar surface area (TPSA) is 12.0 Å². The van der Waals surface area contributed by atoms with E-state index >= 15 is 0 Å². The minimum Gasteiger partial charge on any atom is -0.316 e. The summed E-state index contributed by atoms with van der Waals surface area (Å²) >= 11 is 7.74. The summed E-state index contributed by atoms with van der Waals surface area (Å²) in [4.78, 5) is 0.950. The first kappa shape index (κ1) is 15.8. The third kappa shape index (κ3) is 3.29. The molecule has 0 saturated heterocycles. The van der Waals surface area contributed by atoms with Gasteiger partial charge in [-0.05, 0) is 55.3 Å². The molecule has 0 atom stereocenters. The molecule has 0 spiro atoms. The molecule has 0 unspecified atom stereocenters. The van der Waals surface area contributed by atoms with E-state index in [4.69, 9.17) is 11.6 Å². The molecule has 0 bridgehead atoms. The number of benzene rings is 2. The van der Waals surface area contributed by atoms with Gasteiger partial charge in [0.05, 0.1) is 5.02 Å². The van der Waals surface area contributed by atoms with Crippen LogP contribution in [0.3, 0.4) is 0 Å². The highest BCUT2D eigenvalue weighted by Gasteiger charge is 2.17. The summed E-state index contributed by atoms with van der Waals surface area (Å²) in [6, 6.07) is 7.89. The van der Waals surface area contributed by atoms with Crippen LogP contribution in [0.4, 0.5) is 8.78 Å². The highest BCUT2D eigenvalue weighted by Crippen LogP contribution is 2.36. The van der Waals surface area contributed by atoms with Gasteiger partial charge in [0.2, 0.25) is 0 Å². The van der Waals surface area contributed by atoms with Crippen LogP contribution in [-0.2, 0) is 18.6 Å². The first-order chi connectivity index (χ1) is 10.7. The van der Waals surface area contributed by atoms with Crippen LogP contribution in [0.15, 0.2) is 35.2 Å². The maximum Gasteiger partial charge on any atom is 0.130 e. The third-order valence-corrected chi connectivity index (χ3v) is 5.47. The normalized spacial score (nSPS) is 14.5. The minimum absolute atomic E-state index is 0.105. The van der Waals surface area contributed by atoms with Crippen molar-refractivity contribution in [3.05, 3.63) is 63.7 Å². The molecule has 116 valence electrons. The Morgan fingerprint density at radius 3 is 2.55 bits per heavy atom. The fourth-order valence-corrected chi connectivity index (χ4v) is 4.20. The molecule has 3 rings (SSSR count). The summed E-state index contributed by atoms with van der Waals surface area (Å²) < 4.78 is 27.5. The Hall–Kier alpha value is -1.10. The summed E-state index contributed by atoms with van der Waals surface area (Å²) in [7, 11) is 0. The van der Waals surface area contributed by atoms with Crippen LogP contribution in [0.5, 0.6) is 0 Å². The smallest absolute Gasteiger partial charge is 0.130 e. The summed E-state index contributed by atoms with van der Waals surface area (Å²) in [5.41, 5.74) is 2.58. The van der Waals surface area contributed by atoms with Gasteiger partial charge in [-0.3, -0.25) is 0 Å².